The van der Waals surface area contributed by atoms with E-state index in [1.54, 1.807) is 0 Å². The second-order valence-electron chi connectivity index (χ2n) is 5.45. The highest BCUT2D eigenvalue weighted by Gasteiger charge is 2.36. The quantitative estimate of drug-likeness (QED) is 0.711. The zero-order valence-corrected chi connectivity index (χ0v) is 10.3. The lowest BCUT2D eigenvalue weighted by molar-refractivity contribution is 0.117. The van der Waals surface area contributed by atoms with E-state index in [4.69, 9.17) is 0 Å². The smallest absolute Gasteiger partial charge is 0.0104 e. The first kappa shape index (κ1) is 11.9. The number of rotatable bonds is 4. The largest absolute Gasteiger partial charge is 0.311 e. The molecule has 1 N–H and O–H groups in total. The maximum absolute atomic E-state index is 3.90. The van der Waals surface area contributed by atoms with Gasteiger partial charge in [0.1, 0.15) is 0 Å². The van der Waals surface area contributed by atoms with Crippen LogP contribution < -0.4 is 5.32 Å². The molecule has 1 aliphatic carbocycles. The van der Waals surface area contributed by atoms with Crippen LogP contribution in [0.4, 0.5) is 0 Å². The first-order valence-corrected chi connectivity index (χ1v) is 6.83. The van der Waals surface area contributed by atoms with Crippen LogP contribution in [0, 0.1) is 11.8 Å². The molecule has 0 radical (unpaired) electrons. The Balaban J connectivity index is 1.93. The van der Waals surface area contributed by atoms with Crippen LogP contribution in [-0.2, 0) is 0 Å². The van der Waals surface area contributed by atoms with E-state index in [0.717, 1.165) is 24.3 Å². The first-order chi connectivity index (χ1) is 7.85. The molecule has 16 heavy (non-hydrogen) atoms. The fourth-order valence-corrected chi connectivity index (χ4v) is 3.67. The third kappa shape index (κ3) is 2.57. The number of piperidine rings is 1. The molecule has 1 heterocycles. The number of fused-ring (bicyclic) bond motifs is 1. The standard InChI is InChI=1S/C15H25N/c1-3-6-12-8-5-9-15-14(12)11-10-13(16-15)7-4-2/h3-4,12-16H,1-2,5-11H2/t12-,13-,14+,15-/m0/s1. The Kier molecular flexibility index (Phi) is 4.22. The van der Waals surface area contributed by atoms with Gasteiger partial charge in [0.15, 0.2) is 0 Å². The molecule has 2 aliphatic rings. The van der Waals surface area contributed by atoms with Gasteiger partial charge < -0.3 is 5.32 Å². The Hall–Kier alpha value is -0.560. The van der Waals surface area contributed by atoms with Crippen LogP contribution in [0.2, 0.25) is 0 Å². The zero-order valence-electron chi connectivity index (χ0n) is 10.3. The SMILES string of the molecule is C=CC[C@H]1CC[C@@H]2[C@@H](CC=C)CCC[C@@H]2N1. The van der Waals surface area contributed by atoms with E-state index in [-0.39, 0.29) is 0 Å². The fraction of sp³-hybridized carbons (Fsp3) is 0.733. The molecule has 1 nitrogen and oxygen atoms in total. The maximum atomic E-state index is 3.90. The fourth-order valence-electron chi connectivity index (χ4n) is 3.67. The summed E-state index contributed by atoms with van der Waals surface area (Å²) in [4.78, 5) is 0. The molecule has 0 spiro atoms. The van der Waals surface area contributed by atoms with Crippen molar-refractivity contribution in [2.75, 3.05) is 0 Å². The third-order valence-corrected chi connectivity index (χ3v) is 4.43. The summed E-state index contributed by atoms with van der Waals surface area (Å²) < 4.78 is 0. The number of hydrogen-bond donors (Lipinski definition) is 1. The lowest BCUT2D eigenvalue weighted by Crippen LogP contribution is -2.51. The molecular formula is C15H25N. The van der Waals surface area contributed by atoms with Gasteiger partial charge in [0.2, 0.25) is 0 Å². The molecule has 0 unspecified atom stereocenters. The lowest BCUT2D eigenvalue weighted by Gasteiger charge is -2.44. The Morgan fingerprint density at radius 2 is 1.81 bits per heavy atom. The summed E-state index contributed by atoms with van der Waals surface area (Å²) in [6, 6.07) is 1.47. The van der Waals surface area contributed by atoms with Crippen LogP contribution in [0.3, 0.4) is 0 Å². The van der Waals surface area contributed by atoms with Gasteiger partial charge in [-0.05, 0) is 50.4 Å². The summed E-state index contributed by atoms with van der Waals surface area (Å²) in [5.41, 5.74) is 0. The van der Waals surface area contributed by atoms with Crippen molar-refractivity contribution in [3.63, 3.8) is 0 Å². The normalized spacial score (nSPS) is 38.8. The average Bonchev–Trinajstić information content (AvgIpc) is 2.30. The minimum Gasteiger partial charge on any atom is -0.311 e. The van der Waals surface area contributed by atoms with Crippen molar-refractivity contribution in [3.8, 4) is 0 Å². The molecule has 0 bridgehead atoms. The third-order valence-electron chi connectivity index (χ3n) is 4.43. The van der Waals surface area contributed by atoms with Gasteiger partial charge in [-0.2, -0.15) is 0 Å². The molecular weight excluding hydrogens is 194 g/mol. The van der Waals surface area contributed by atoms with Gasteiger partial charge >= 0.3 is 0 Å². The van der Waals surface area contributed by atoms with Gasteiger partial charge in [-0.25, -0.2) is 0 Å². The molecule has 0 aromatic rings. The van der Waals surface area contributed by atoms with Crippen LogP contribution in [0.1, 0.15) is 44.9 Å². The summed E-state index contributed by atoms with van der Waals surface area (Å²) in [6.07, 6.45) is 13.5. The molecule has 2 fully saturated rings. The van der Waals surface area contributed by atoms with Crippen LogP contribution in [0.5, 0.6) is 0 Å². The van der Waals surface area contributed by atoms with E-state index >= 15 is 0 Å². The molecule has 4 atom stereocenters. The van der Waals surface area contributed by atoms with E-state index in [9.17, 15) is 0 Å². The van der Waals surface area contributed by atoms with Crippen molar-refractivity contribution in [2.45, 2.75) is 57.0 Å². The Morgan fingerprint density at radius 1 is 1.00 bits per heavy atom. The molecule has 0 amide bonds. The molecule has 1 saturated heterocycles. The second kappa shape index (κ2) is 5.67. The van der Waals surface area contributed by atoms with Gasteiger partial charge in [0.05, 0.1) is 0 Å². The zero-order chi connectivity index (χ0) is 11.4. The van der Waals surface area contributed by atoms with Crippen molar-refractivity contribution < 1.29 is 0 Å². The van der Waals surface area contributed by atoms with Gasteiger partial charge in [-0.15, -0.1) is 13.2 Å². The summed E-state index contributed by atoms with van der Waals surface area (Å²) >= 11 is 0. The van der Waals surface area contributed by atoms with Crippen LogP contribution in [0.25, 0.3) is 0 Å². The summed E-state index contributed by atoms with van der Waals surface area (Å²) in [5.74, 6) is 1.81. The van der Waals surface area contributed by atoms with Crippen molar-refractivity contribution in [1.82, 2.24) is 5.32 Å². The van der Waals surface area contributed by atoms with E-state index in [1.165, 1.54) is 38.5 Å². The predicted octanol–water partition coefficient (Wildman–Crippen LogP) is 3.68. The van der Waals surface area contributed by atoms with E-state index < -0.39 is 0 Å². The van der Waals surface area contributed by atoms with Crippen molar-refractivity contribution >= 4 is 0 Å². The number of nitrogens with one attached hydrogen (secondary N) is 1. The van der Waals surface area contributed by atoms with Gasteiger partial charge in [0.25, 0.3) is 0 Å². The highest BCUT2D eigenvalue weighted by atomic mass is 15.0. The highest BCUT2D eigenvalue weighted by Crippen LogP contribution is 2.39. The summed E-state index contributed by atoms with van der Waals surface area (Å²) in [5, 5.41) is 3.84. The first-order valence-electron chi connectivity index (χ1n) is 6.83. The van der Waals surface area contributed by atoms with Gasteiger partial charge in [-0.1, -0.05) is 18.6 Å². The Morgan fingerprint density at radius 3 is 2.56 bits per heavy atom. The molecule has 0 aromatic carbocycles. The minimum absolute atomic E-state index is 0.696. The molecule has 0 aromatic heterocycles. The van der Waals surface area contributed by atoms with Crippen molar-refractivity contribution in [2.24, 2.45) is 11.8 Å². The molecule has 1 aliphatic heterocycles. The molecule has 1 saturated carbocycles. The van der Waals surface area contributed by atoms with Crippen LogP contribution in [-0.4, -0.2) is 12.1 Å². The van der Waals surface area contributed by atoms with Crippen molar-refractivity contribution in [1.29, 1.82) is 0 Å². The monoisotopic (exact) mass is 219 g/mol. The average molecular weight is 219 g/mol. The molecule has 90 valence electrons. The Labute approximate surface area is 100 Å². The molecule has 2 rings (SSSR count). The number of allylic oxidation sites excluding steroid dienone is 1. The van der Waals surface area contributed by atoms with E-state index in [0.29, 0.717) is 6.04 Å². The number of hydrogen-bond acceptors (Lipinski definition) is 1. The Bertz CT molecular complexity index is 246. The minimum atomic E-state index is 0.696. The predicted molar refractivity (Wildman–Crippen MR) is 70.4 cm³/mol. The van der Waals surface area contributed by atoms with E-state index in [1.807, 2.05) is 0 Å². The van der Waals surface area contributed by atoms with E-state index in [2.05, 4.69) is 30.6 Å². The van der Waals surface area contributed by atoms with Gasteiger partial charge in [-0.3, -0.25) is 0 Å². The highest BCUT2D eigenvalue weighted by molar-refractivity contribution is 4.96. The van der Waals surface area contributed by atoms with Gasteiger partial charge in [0, 0.05) is 12.1 Å². The maximum Gasteiger partial charge on any atom is 0.0104 e. The lowest BCUT2D eigenvalue weighted by atomic mass is 9.69. The van der Waals surface area contributed by atoms with Crippen molar-refractivity contribution in [3.05, 3.63) is 25.3 Å². The molecule has 1 heteroatoms. The van der Waals surface area contributed by atoms with Crippen LogP contribution >= 0.6 is 0 Å². The summed E-state index contributed by atoms with van der Waals surface area (Å²) in [6.45, 7) is 7.75. The van der Waals surface area contributed by atoms with Crippen LogP contribution in [0.15, 0.2) is 25.3 Å². The topological polar surface area (TPSA) is 12.0 Å². The second-order valence-corrected chi connectivity index (χ2v) is 5.45. The summed E-state index contributed by atoms with van der Waals surface area (Å²) in [7, 11) is 0.